The van der Waals surface area contributed by atoms with E-state index in [1.54, 1.807) is 17.0 Å². The fourth-order valence-electron chi connectivity index (χ4n) is 2.46. The molecule has 1 aliphatic rings. The highest BCUT2D eigenvalue weighted by molar-refractivity contribution is 5.21. The van der Waals surface area contributed by atoms with Gasteiger partial charge in [-0.05, 0) is 49.9 Å². The number of rotatable bonds is 8. The molecule has 3 nitrogen and oxygen atoms in total. The lowest BCUT2D eigenvalue weighted by Crippen LogP contribution is -3.14. The van der Waals surface area contributed by atoms with Crippen molar-refractivity contribution < 1.29 is 18.8 Å². The van der Waals surface area contributed by atoms with Gasteiger partial charge in [-0.15, -0.1) is 0 Å². The Balaban J connectivity index is 1.44. The summed E-state index contributed by atoms with van der Waals surface area (Å²) in [5.74, 6) is 0.534. The molecule has 0 radical (unpaired) electrons. The van der Waals surface area contributed by atoms with Gasteiger partial charge in [-0.2, -0.15) is 0 Å². The van der Waals surface area contributed by atoms with Crippen LogP contribution in [0.1, 0.15) is 25.7 Å². The van der Waals surface area contributed by atoms with E-state index in [-0.39, 0.29) is 5.82 Å². The number of hydrogen-bond acceptors (Lipinski definition) is 2. The van der Waals surface area contributed by atoms with Gasteiger partial charge in [-0.25, -0.2) is 4.39 Å². The van der Waals surface area contributed by atoms with Gasteiger partial charge in [-0.1, -0.05) is 0 Å². The molecule has 1 heterocycles. The van der Waals surface area contributed by atoms with E-state index < -0.39 is 0 Å². The van der Waals surface area contributed by atoms with E-state index in [4.69, 9.17) is 9.47 Å². The molecule has 0 unspecified atom stereocenters. The summed E-state index contributed by atoms with van der Waals surface area (Å²) in [6, 6.07) is 6.22. The first kappa shape index (κ1) is 15.3. The summed E-state index contributed by atoms with van der Waals surface area (Å²) in [7, 11) is 0. The monoisotopic (exact) mass is 282 g/mol. The summed E-state index contributed by atoms with van der Waals surface area (Å²) in [6.45, 7) is 6.14. The molecule has 0 aromatic heterocycles. The fourth-order valence-corrected chi connectivity index (χ4v) is 2.46. The molecule has 1 N–H and O–H groups in total. The molecule has 1 fully saturated rings. The predicted molar refractivity (Wildman–Crippen MR) is 76.7 cm³/mol. The Hall–Kier alpha value is -1.13. The van der Waals surface area contributed by atoms with E-state index in [0.717, 1.165) is 45.1 Å². The molecule has 1 aliphatic heterocycles. The van der Waals surface area contributed by atoms with Crippen LogP contribution in [0.15, 0.2) is 24.3 Å². The first-order chi connectivity index (χ1) is 9.84. The second-order valence-corrected chi connectivity index (χ2v) is 5.33. The average Bonchev–Trinajstić information content (AvgIpc) is 2.49. The van der Waals surface area contributed by atoms with Gasteiger partial charge < -0.3 is 14.4 Å². The Morgan fingerprint density at radius 1 is 1.00 bits per heavy atom. The number of nitrogens with one attached hydrogen (secondary N) is 1. The predicted octanol–water partition coefficient (Wildman–Crippen LogP) is 1.68. The molecule has 1 aromatic carbocycles. The maximum atomic E-state index is 12.7. The van der Waals surface area contributed by atoms with Crippen molar-refractivity contribution in [3.8, 4) is 5.75 Å². The highest BCUT2D eigenvalue weighted by Gasteiger charge is 2.12. The van der Waals surface area contributed by atoms with Crippen molar-refractivity contribution in [2.24, 2.45) is 0 Å². The van der Waals surface area contributed by atoms with Gasteiger partial charge >= 0.3 is 0 Å². The molecule has 4 heteroatoms. The third-order valence-electron chi connectivity index (χ3n) is 3.71. The van der Waals surface area contributed by atoms with E-state index in [2.05, 4.69) is 0 Å². The SMILES string of the molecule is Fc1ccc(OCCCCCC[NH+]2CCOCC2)cc1. The van der Waals surface area contributed by atoms with Crippen LogP contribution in [0.4, 0.5) is 4.39 Å². The van der Waals surface area contributed by atoms with Crippen LogP contribution in [0.5, 0.6) is 5.75 Å². The molecule has 2 rings (SSSR count). The van der Waals surface area contributed by atoms with Crippen molar-refractivity contribution in [1.82, 2.24) is 0 Å². The zero-order chi connectivity index (χ0) is 14.0. The molecule has 0 spiro atoms. The highest BCUT2D eigenvalue weighted by atomic mass is 19.1. The zero-order valence-electron chi connectivity index (χ0n) is 12.1. The van der Waals surface area contributed by atoms with Crippen molar-refractivity contribution in [3.63, 3.8) is 0 Å². The second kappa shape index (κ2) is 8.93. The van der Waals surface area contributed by atoms with Gasteiger partial charge in [0.25, 0.3) is 0 Å². The van der Waals surface area contributed by atoms with Crippen LogP contribution in [-0.4, -0.2) is 39.5 Å². The van der Waals surface area contributed by atoms with Gasteiger partial charge in [0, 0.05) is 0 Å². The maximum Gasteiger partial charge on any atom is 0.123 e. The molecule has 112 valence electrons. The second-order valence-electron chi connectivity index (χ2n) is 5.33. The third-order valence-corrected chi connectivity index (χ3v) is 3.71. The Kier molecular flexibility index (Phi) is 6.81. The van der Waals surface area contributed by atoms with E-state index >= 15 is 0 Å². The molecule has 1 saturated heterocycles. The van der Waals surface area contributed by atoms with Crippen LogP contribution in [-0.2, 0) is 4.74 Å². The van der Waals surface area contributed by atoms with Crippen molar-refractivity contribution in [2.45, 2.75) is 25.7 Å². The molecule has 20 heavy (non-hydrogen) atoms. The molecule has 0 bridgehead atoms. The molecule has 0 saturated carbocycles. The lowest BCUT2D eigenvalue weighted by molar-refractivity contribution is -0.908. The fraction of sp³-hybridized carbons (Fsp3) is 0.625. The average molecular weight is 282 g/mol. The van der Waals surface area contributed by atoms with Crippen molar-refractivity contribution in [1.29, 1.82) is 0 Å². The summed E-state index contributed by atoms with van der Waals surface area (Å²) >= 11 is 0. The van der Waals surface area contributed by atoms with E-state index in [1.165, 1.54) is 37.9 Å². The molecular formula is C16H25FNO2+. The Morgan fingerprint density at radius 2 is 1.70 bits per heavy atom. The quantitative estimate of drug-likeness (QED) is 0.733. The molecular weight excluding hydrogens is 257 g/mol. The topological polar surface area (TPSA) is 22.9 Å². The highest BCUT2D eigenvalue weighted by Crippen LogP contribution is 2.11. The first-order valence-electron chi connectivity index (χ1n) is 7.64. The van der Waals surface area contributed by atoms with Crippen molar-refractivity contribution in [3.05, 3.63) is 30.1 Å². The van der Waals surface area contributed by atoms with Gasteiger partial charge in [0.05, 0.1) is 26.4 Å². The summed E-state index contributed by atoms with van der Waals surface area (Å²) in [5.41, 5.74) is 0. The van der Waals surface area contributed by atoms with E-state index in [0.29, 0.717) is 0 Å². The Bertz CT molecular complexity index is 363. The van der Waals surface area contributed by atoms with Crippen LogP contribution in [0.25, 0.3) is 0 Å². The number of halogens is 1. The van der Waals surface area contributed by atoms with E-state index in [1.807, 2.05) is 0 Å². The molecule has 0 aliphatic carbocycles. The number of hydrogen-bond donors (Lipinski definition) is 1. The molecule has 1 aromatic rings. The minimum Gasteiger partial charge on any atom is -0.494 e. The molecule has 0 atom stereocenters. The van der Waals surface area contributed by atoms with Crippen LogP contribution in [0.2, 0.25) is 0 Å². The van der Waals surface area contributed by atoms with Crippen LogP contribution >= 0.6 is 0 Å². The number of unbranched alkanes of at least 4 members (excludes halogenated alkanes) is 3. The smallest absolute Gasteiger partial charge is 0.123 e. The molecule has 0 amide bonds. The van der Waals surface area contributed by atoms with E-state index in [9.17, 15) is 4.39 Å². The van der Waals surface area contributed by atoms with Gasteiger partial charge in [0.15, 0.2) is 0 Å². The van der Waals surface area contributed by atoms with Crippen LogP contribution < -0.4 is 9.64 Å². The normalized spacial score (nSPS) is 16.2. The Morgan fingerprint density at radius 3 is 2.45 bits per heavy atom. The Labute approximate surface area is 120 Å². The van der Waals surface area contributed by atoms with Crippen molar-refractivity contribution >= 4 is 0 Å². The maximum absolute atomic E-state index is 12.7. The first-order valence-corrected chi connectivity index (χ1v) is 7.64. The summed E-state index contributed by atoms with van der Waals surface area (Å²) in [5, 5.41) is 0. The van der Waals surface area contributed by atoms with Crippen LogP contribution in [0, 0.1) is 5.82 Å². The zero-order valence-corrected chi connectivity index (χ0v) is 12.1. The third kappa shape index (κ3) is 5.88. The summed E-state index contributed by atoms with van der Waals surface area (Å²) in [4.78, 5) is 1.68. The summed E-state index contributed by atoms with van der Waals surface area (Å²) in [6.07, 6.45) is 4.81. The largest absolute Gasteiger partial charge is 0.494 e. The number of quaternary nitrogens is 1. The number of ether oxygens (including phenoxy) is 2. The van der Waals surface area contributed by atoms with Crippen LogP contribution in [0.3, 0.4) is 0 Å². The lowest BCUT2D eigenvalue weighted by atomic mass is 10.2. The van der Waals surface area contributed by atoms with Gasteiger partial charge in [0.2, 0.25) is 0 Å². The minimum atomic E-state index is -0.219. The minimum absolute atomic E-state index is 0.219. The number of benzene rings is 1. The standard InChI is InChI=1S/C16H24FNO2/c17-15-5-7-16(8-6-15)20-12-4-2-1-3-9-18-10-13-19-14-11-18/h5-8H,1-4,9-14H2/p+1. The van der Waals surface area contributed by atoms with Gasteiger partial charge in [-0.3, -0.25) is 0 Å². The van der Waals surface area contributed by atoms with Gasteiger partial charge in [0.1, 0.15) is 24.7 Å². The number of morpholine rings is 1. The lowest BCUT2D eigenvalue weighted by Gasteiger charge is -2.23. The van der Waals surface area contributed by atoms with Crippen molar-refractivity contribution in [2.75, 3.05) is 39.5 Å². The summed E-state index contributed by atoms with van der Waals surface area (Å²) < 4.78 is 23.6.